The van der Waals surface area contributed by atoms with E-state index in [1.807, 2.05) is 25.2 Å². The first-order valence-electron chi connectivity index (χ1n) is 11.8. The first-order valence-corrected chi connectivity index (χ1v) is 11.8. The third-order valence-electron chi connectivity index (χ3n) is 7.20. The lowest BCUT2D eigenvalue weighted by Gasteiger charge is -2.32. The van der Waals surface area contributed by atoms with Crippen LogP contribution in [0.25, 0.3) is 27.8 Å². The molecule has 6 rings (SSSR count). The zero-order chi connectivity index (χ0) is 24.1. The van der Waals surface area contributed by atoms with Gasteiger partial charge in [-0.1, -0.05) is 18.2 Å². The molecule has 3 aromatic heterocycles. The molecule has 10 nitrogen and oxygen atoms in total. The third-order valence-corrected chi connectivity index (χ3v) is 7.20. The van der Waals surface area contributed by atoms with Gasteiger partial charge in [-0.15, -0.1) is 0 Å². The molecule has 1 aliphatic heterocycles. The predicted molar refractivity (Wildman–Crippen MR) is 131 cm³/mol. The Morgan fingerprint density at radius 2 is 2.11 bits per heavy atom. The molecule has 4 heterocycles. The maximum absolute atomic E-state index is 13.0. The lowest BCUT2D eigenvalue weighted by atomic mass is 9.89. The molecule has 0 spiro atoms. The number of anilines is 1. The Labute approximate surface area is 201 Å². The van der Waals surface area contributed by atoms with Crippen LogP contribution in [0.3, 0.4) is 0 Å². The summed E-state index contributed by atoms with van der Waals surface area (Å²) in [7, 11) is 3.52. The van der Waals surface area contributed by atoms with E-state index >= 15 is 0 Å². The van der Waals surface area contributed by atoms with E-state index in [1.165, 1.54) is 6.20 Å². The van der Waals surface area contributed by atoms with Gasteiger partial charge >= 0.3 is 0 Å². The number of benzene rings is 1. The maximum atomic E-state index is 13.0. The molecule has 4 atom stereocenters. The highest BCUT2D eigenvalue weighted by Crippen LogP contribution is 2.36. The lowest BCUT2D eigenvalue weighted by Crippen LogP contribution is -2.50. The van der Waals surface area contributed by atoms with Gasteiger partial charge in [0.2, 0.25) is 0 Å². The van der Waals surface area contributed by atoms with Crippen LogP contribution in [-0.2, 0) is 9.47 Å². The number of hydrogen-bond donors (Lipinski definition) is 3. The van der Waals surface area contributed by atoms with Gasteiger partial charge in [-0.2, -0.15) is 9.61 Å². The smallest absolute Gasteiger partial charge is 0.257 e. The van der Waals surface area contributed by atoms with Gasteiger partial charge in [0, 0.05) is 42.9 Å². The van der Waals surface area contributed by atoms with Crippen molar-refractivity contribution >= 4 is 28.3 Å². The van der Waals surface area contributed by atoms with Gasteiger partial charge in [-0.3, -0.25) is 4.79 Å². The number of nitrogens with zero attached hydrogens (tertiary/aromatic N) is 4. The van der Waals surface area contributed by atoms with Crippen molar-refractivity contribution in [2.45, 2.75) is 37.1 Å². The summed E-state index contributed by atoms with van der Waals surface area (Å²) in [6.45, 7) is 1.13. The number of fused-ring (bicyclic) bond motifs is 2. The number of ether oxygens (including phenoxy) is 2. The van der Waals surface area contributed by atoms with Crippen molar-refractivity contribution in [3.8, 4) is 11.3 Å². The first-order chi connectivity index (χ1) is 17.1. The third kappa shape index (κ3) is 3.56. The highest BCUT2D eigenvalue weighted by atomic mass is 16.5. The topological polar surface area (TPSA) is 115 Å². The van der Waals surface area contributed by atoms with Gasteiger partial charge < -0.3 is 29.8 Å². The highest BCUT2D eigenvalue weighted by molar-refractivity contribution is 6.01. The minimum absolute atomic E-state index is 0.0334. The van der Waals surface area contributed by atoms with Gasteiger partial charge in [0.1, 0.15) is 17.5 Å². The van der Waals surface area contributed by atoms with Crippen LogP contribution in [0.5, 0.6) is 0 Å². The fourth-order valence-corrected chi connectivity index (χ4v) is 5.03. The Bertz CT molecular complexity index is 1410. The molecular weight excluding hydrogens is 448 g/mol. The van der Waals surface area contributed by atoms with E-state index in [1.54, 1.807) is 11.6 Å². The van der Waals surface area contributed by atoms with Crippen LogP contribution in [-0.4, -0.2) is 75.8 Å². The molecule has 1 unspecified atom stereocenters. The van der Waals surface area contributed by atoms with Crippen molar-refractivity contribution in [3.63, 3.8) is 0 Å². The van der Waals surface area contributed by atoms with E-state index in [2.05, 4.69) is 38.6 Å². The Kier molecular flexibility index (Phi) is 5.43. The molecule has 182 valence electrons. The fraction of sp³-hybridized carbons (Fsp3) is 0.400. The van der Waals surface area contributed by atoms with E-state index in [0.29, 0.717) is 36.7 Å². The lowest BCUT2D eigenvalue weighted by molar-refractivity contribution is 0.0448. The number of para-hydroxylation sites is 1. The first kappa shape index (κ1) is 22.0. The van der Waals surface area contributed by atoms with Crippen LogP contribution in [0.2, 0.25) is 0 Å². The number of methoxy groups -OCH3 is 1. The minimum atomic E-state index is -0.501. The van der Waals surface area contributed by atoms with Crippen LogP contribution in [0.1, 0.15) is 29.2 Å². The highest BCUT2D eigenvalue weighted by Gasteiger charge is 2.33. The summed E-state index contributed by atoms with van der Waals surface area (Å²) in [5.74, 6) is 0.424. The van der Waals surface area contributed by atoms with Gasteiger partial charge in [-0.05, 0) is 18.9 Å². The normalized spacial score (nSPS) is 24.1. The van der Waals surface area contributed by atoms with E-state index in [9.17, 15) is 9.90 Å². The number of hydrogen-bond acceptors (Lipinski definition) is 7. The number of aliphatic hydroxyl groups is 1. The van der Waals surface area contributed by atoms with E-state index in [-0.39, 0.29) is 24.1 Å². The molecule has 4 aromatic rings. The average molecular weight is 477 g/mol. The molecule has 1 saturated heterocycles. The van der Waals surface area contributed by atoms with Crippen molar-refractivity contribution in [2.75, 3.05) is 32.7 Å². The summed E-state index contributed by atoms with van der Waals surface area (Å²) in [4.78, 5) is 17.9. The Hall–Kier alpha value is -3.47. The van der Waals surface area contributed by atoms with Gasteiger partial charge in [-0.25, -0.2) is 4.98 Å². The van der Waals surface area contributed by atoms with Crippen molar-refractivity contribution in [2.24, 2.45) is 0 Å². The van der Waals surface area contributed by atoms with Gasteiger partial charge in [0.15, 0.2) is 5.65 Å². The quantitative estimate of drug-likeness (QED) is 0.391. The average Bonchev–Trinajstić information content (AvgIpc) is 3.61. The standard InChI is InChI=1S/C25H28N6O4/c1-26-23-9-18(28-24-15(10-27-31(23)24)25(33)29-17-7-8-21(17)32)16-11-30(19-6-4-3-5-14(16)19)20-12-35-13-22(20)34-2/h3-6,9-11,17,20-22,26,32H,7-8,12-13H2,1-2H3,(H,29,33)/t17?,20-,21-,22-/m1/s1. The van der Waals surface area contributed by atoms with Crippen molar-refractivity contribution in [1.29, 1.82) is 0 Å². The Morgan fingerprint density at radius 3 is 2.86 bits per heavy atom. The van der Waals surface area contributed by atoms with Crippen LogP contribution >= 0.6 is 0 Å². The molecule has 10 heteroatoms. The SMILES string of the molecule is CNc1cc(-c2cn([C@@H]3COC[C@H]3OC)c3ccccc23)nc2c(C(=O)NC3CC[C@H]3O)cnn12. The molecule has 2 aliphatic rings. The molecule has 0 bridgehead atoms. The minimum Gasteiger partial charge on any atom is -0.391 e. The van der Waals surface area contributed by atoms with Crippen LogP contribution in [0.4, 0.5) is 5.82 Å². The number of nitrogens with one attached hydrogen (secondary N) is 2. The fourth-order valence-electron chi connectivity index (χ4n) is 5.03. The zero-order valence-corrected chi connectivity index (χ0v) is 19.6. The summed E-state index contributed by atoms with van der Waals surface area (Å²) in [6.07, 6.45) is 4.55. The molecule has 35 heavy (non-hydrogen) atoms. The summed E-state index contributed by atoms with van der Waals surface area (Å²) >= 11 is 0. The van der Waals surface area contributed by atoms with Gasteiger partial charge in [0.25, 0.3) is 5.91 Å². The van der Waals surface area contributed by atoms with E-state index in [0.717, 1.165) is 28.6 Å². The van der Waals surface area contributed by atoms with E-state index in [4.69, 9.17) is 14.5 Å². The van der Waals surface area contributed by atoms with Crippen LogP contribution in [0, 0.1) is 0 Å². The second kappa shape index (κ2) is 8.63. The predicted octanol–water partition coefficient (Wildman–Crippen LogP) is 2.23. The molecule has 0 radical (unpaired) electrons. The maximum Gasteiger partial charge on any atom is 0.257 e. The number of aliphatic hydroxyl groups excluding tert-OH is 1. The molecule has 1 amide bonds. The van der Waals surface area contributed by atoms with Crippen molar-refractivity contribution in [3.05, 3.63) is 48.3 Å². The number of carbonyl (C=O) groups is 1. The molecular formula is C25H28N6O4. The molecule has 1 aliphatic carbocycles. The number of carbonyl (C=O) groups excluding carboxylic acids is 1. The summed E-state index contributed by atoms with van der Waals surface area (Å²) in [5.41, 5.74) is 3.56. The second-order valence-corrected chi connectivity index (χ2v) is 9.14. The molecule has 1 aromatic carbocycles. The Morgan fingerprint density at radius 1 is 1.26 bits per heavy atom. The van der Waals surface area contributed by atoms with Crippen molar-refractivity contribution < 1.29 is 19.4 Å². The van der Waals surface area contributed by atoms with Crippen molar-refractivity contribution in [1.82, 2.24) is 24.5 Å². The summed E-state index contributed by atoms with van der Waals surface area (Å²) in [5, 5.41) is 21.4. The molecule has 3 N–H and O–H groups in total. The Balaban J connectivity index is 1.47. The summed E-state index contributed by atoms with van der Waals surface area (Å²) in [6, 6.07) is 9.94. The van der Waals surface area contributed by atoms with Crippen LogP contribution in [0.15, 0.2) is 42.7 Å². The molecule has 2 fully saturated rings. The monoisotopic (exact) mass is 476 g/mol. The molecule has 1 saturated carbocycles. The second-order valence-electron chi connectivity index (χ2n) is 9.14. The zero-order valence-electron chi connectivity index (χ0n) is 19.6. The van der Waals surface area contributed by atoms with E-state index < -0.39 is 6.10 Å². The van der Waals surface area contributed by atoms with Crippen LogP contribution < -0.4 is 10.6 Å². The van der Waals surface area contributed by atoms with Gasteiger partial charge in [0.05, 0.1) is 43.3 Å². The number of amides is 1. The number of rotatable bonds is 6. The summed E-state index contributed by atoms with van der Waals surface area (Å²) < 4.78 is 15.2. The largest absolute Gasteiger partial charge is 0.391 e. The number of aromatic nitrogens is 4.